The Bertz CT molecular complexity index is 1430. The minimum absolute atomic E-state index is 0.159. The number of benzene rings is 4. The maximum absolute atomic E-state index is 2.37. The molecule has 0 fully saturated rings. The average Bonchev–Trinajstić information content (AvgIpc) is 3.22. The molecule has 0 atom stereocenters. The molecule has 170 valence electrons. The van der Waals surface area contributed by atoms with Crippen molar-refractivity contribution in [1.29, 1.82) is 0 Å². The predicted molar refractivity (Wildman–Crippen MR) is 147 cm³/mol. The van der Waals surface area contributed by atoms with Gasteiger partial charge in [0.2, 0.25) is 0 Å². The van der Waals surface area contributed by atoms with Crippen LogP contribution >= 0.6 is 0 Å². The van der Waals surface area contributed by atoms with Gasteiger partial charge < -0.3 is 0 Å². The molecule has 1 aliphatic carbocycles. The van der Waals surface area contributed by atoms with Crippen LogP contribution in [0.25, 0.3) is 34.4 Å². The Hall–Kier alpha value is -3.38. The average molecular weight is 443 g/mol. The van der Waals surface area contributed by atoms with E-state index in [-0.39, 0.29) is 5.41 Å². The molecule has 34 heavy (non-hydrogen) atoms. The molecule has 0 radical (unpaired) electrons. The molecule has 0 aromatic heterocycles. The molecular formula is C34H34. The van der Waals surface area contributed by atoms with E-state index in [1.807, 2.05) is 0 Å². The van der Waals surface area contributed by atoms with Gasteiger partial charge in [0.05, 0.1) is 0 Å². The lowest BCUT2D eigenvalue weighted by Gasteiger charge is -2.18. The van der Waals surface area contributed by atoms with Crippen LogP contribution in [0.15, 0.2) is 84.9 Å². The highest BCUT2D eigenvalue weighted by Crippen LogP contribution is 2.28. The van der Waals surface area contributed by atoms with Gasteiger partial charge in [-0.25, -0.2) is 0 Å². The van der Waals surface area contributed by atoms with Crippen molar-refractivity contribution in [2.24, 2.45) is 0 Å². The molecule has 0 N–H and O–H groups in total. The molecule has 0 heteroatoms. The van der Waals surface area contributed by atoms with E-state index in [0.29, 0.717) is 0 Å². The highest BCUT2D eigenvalue weighted by atomic mass is 14.2. The number of unbranched alkanes of at least 4 members (excludes halogenated alkanes) is 1. The monoisotopic (exact) mass is 442 g/mol. The van der Waals surface area contributed by atoms with Gasteiger partial charge in [0.25, 0.3) is 0 Å². The summed E-state index contributed by atoms with van der Waals surface area (Å²) in [6.07, 6.45) is 8.36. The fourth-order valence-electron chi connectivity index (χ4n) is 4.94. The van der Waals surface area contributed by atoms with E-state index < -0.39 is 0 Å². The summed E-state index contributed by atoms with van der Waals surface area (Å²) in [6.45, 7) is 9.06. The van der Waals surface area contributed by atoms with Crippen LogP contribution in [-0.2, 0) is 11.8 Å². The van der Waals surface area contributed by atoms with Crippen LogP contribution in [0.4, 0.5) is 0 Å². The third kappa shape index (κ3) is 4.38. The summed E-state index contributed by atoms with van der Waals surface area (Å²) in [6, 6.07) is 31.6. The number of fused-ring (bicyclic) bond motifs is 3. The van der Waals surface area contributed by atoms with Gasteiger partial charge in [0.15, 0.2) is 0 Å². The van der Waals surface area contributed by atoms with Crippen LogP contribution in [0.5, 0.6) is 0 Å². The quantitative estimate of drug-likeness (QED) is 0.262. The first-order chi connectivity index (χ1) is 16.4. The van der Waals surface area contributed by atoms with Crippen molar-refractivity contribution in [1.82, 2.24) is 0 Å². The van der Waals surface area contributed by atoms with Gasteiger partial charge in [-0.1, -0.05) is 119 Å². The summed E-state index contributed by atoms with van der Waals surface area (Å²) < 4.78 is 0. The van der Waals surface area contributed by atoms with Gasteiger partial charge in [0.1, 0.15) is 0 Å². The maximum Gasteiger partial charge on any atom is -0.00926 e. The van der Waals surface area contributed by atoms with Crippen LogP contribution in [0.1, 0.15) is 62.8 Å². The molecule has 0 nitrogen and oxygen atoms in total. The molecule has 0 aliphatic heterocycles. The van der Waals surface area contributed by atoms with E-state index in [0.717, 1.165) is 6.42 Å². The lowest BCUT2D eigenvalue weighted by atomic mass is 9.86. The smallest absolute Gasteiger partial charge is 0.00926 e. The zero-order chi connectivity index (χ0) is 23.7. The largest absolute Gasteiger partial charge is 0.0654 e. The molecular weight excluding hydrogens is 408 g/mol. The summed E-state index contributed by atoms with van der Waals surface area (Å²) in [5.74, 6) is 0. The standard InChI is InChI=1S/C34H34/c1-5-6-9-24-12-16-26(17-13-24)30-20-21-31-29-11-8-7-10-27(29)23-33(31)32(30)22-25-14-18-28(19-15-25)34(2,3)4/h7-8,10-23H,5-6,9H2,1-4H3. The van der Waals surface area contributed by atoms with Crippen molar-refractivity contribution < 1.29 is 0 Å². The molecule has 4 aromatic carbocycles. The molecule has 0 unspecified atom stereocenters. The van der Waals surface area contributed by atoms with Crippen molar-refractivity contribution in [3.63, 3.8) is 0 Å². The van der Waals surface area contributed by atoms with E-state index >= 15 is 0 Å². The third-order valence-electron chi connectivity index (χ3n) is 7.01. The molecule has 0 bridgehead atoms. The van der Waals surface area contributed by atoms with E-state index in [1.165, 1.54) is 67.8 Å². The molecule has 0 saturated heterocycles. The molecule has 5 rings (SSSR count). The van der Waals surface area contributed by atoms with E-state index in [2.05, 4.69) is 125 Å². The zero-order valence-corrected chi connectivity index (χ0v) is 20.9. The van der Waals surface area contributed by atoms with E-state index in [4.69, 9.17) is 0 Å². The lowest BCUT2D eigenvalue weighted by molar-refractivity contribution is 0.590. The van der Waals surface area contributed by atoms with Crippen LogP contribution in [0.2, 0.25) is 0 Å². The third-order valence-corrected chi connectivity index (χ3v) is 7.01. The summed E-state index contributed by atoms with van der Waals surface area (Å²) in [5.41, 5.74) is 10.7. The second-order valence-corrected chi connectivity index (χ2v) is 10.5. The van der Waals surface area contributed by atoms with E-state index in [9.17, 15) is 0 Å². The molecule has 1 aliphatic rings. The Kier molecular flexibility index (Phi) is 6.00. The van der Waals surface area contributed by atoms with Crippen molar-refractivity contribution in [3.8, 4) is 22.3 Å². The Balaban J connectivity index is 1.68. The van der Waals surface area contributed by atoms with Gasteiger partial charge in [-0.15, -0.1) is 0 Å². The SMILES string of the molecule is CCCCc1ccc(-c2ccc3c(c2=Cc2ccc(C(C)(C)C)cc2)=Cc2ccccc2-3)cc1. The van der Waals surface area contributed by atoms with Crippen molar-refractivity contribution in [3.05, 3.63) is 118 Å². The van der Waals surface area contributed by atoms with Gasteiger partial charge in [-0.2, -0.15) is 0 Å². The first-order valence-electron chi connectivity index (χ1n) is 12.6. The predicted octanol–water partition coefficient (Wildman–Crippen LogP) is 7.63. The topological polar surface area (TPSA) is 0 Å². The van der Waals surface area contributed by atoms with E-state index in [1.54, 1.807) is 0 Å². The van der Waals surface area contributed by atoms with Crippen molar-refractivity contribution >= 4 is 12.2 Å². The Morgan fingerprint density at radius 3 is 2.12 bits per heavy atom. The fourth-order valence-corrected chi connectivity index (χ4v) is 4.94. The highest BCUT2D eigenvalue weighted by Gasteiger charge is 2.15. The summed E-state index contributed by atoms with van der Waals surface area (Å²) in [4.78, 5) is 0. The van der Waals surface area contributed by atoms with Crippen LogP contribution in [0.3, 0.4) is 0 Å². The Morgan fingerprint density at radius 1 is 0.706 bits per heavy atom. The van der Waals surface area contributed by atoms with Crippen LogP contribution in [0, 0.1) is 0 Å². The molecule has 0 heterocycles. The van der Waals surface area contributed by atoms with Gasteiger partial charge in [-0.3, -0.25) is 0 Å². The lowest BCUT2D eigenvalue weighted by Crippen LogP contribution is -2.27. The molecule has 0 spiro atoms. The Morgan fingerprint density at radius 2 is 1.41 bits per heavy atom. The fraction of sp³-hybridized carbons (Fsp3) is 0.235. The second-order valence-electron chi connectivity index (χ2n) is 10.5. The first-order valence-corrected chi connectivity index (χ1v) is 12.6. The number of hydrogen-bond acceptors (Lipinski definition) is 0. The normalized spacial score (nSPS) is 12.9. The zero-order valence-electron chi connectivity index (χ0n) is 20.9. The maximum atomic E-state index is 2.37. The number of rotatable bonds is 5. The van der Waals surface area contributed by atoms with Gasteiger partial charge >= 0.3 is 0 Å². The minimum Gasteiger partial charge on any atom is -0.0654 e. The number of aryl methyl sites for hydroxylation is 1. The second kappa shape index (κ2) is 9.11. The van der Waals surface area contributed by atoms with Crippen LogP contribution < -0.4 is 10.4 Å². The summed E-state index contributed by atoms with van der Waals surface area (Å²) in [7, 11) is 0. The number of hydrogen-bond donors (Lipinski definition) is 0. The molecule has 0 amide bonds. The van der Waals surface area contributed by atoms with Gasteiger partial charge in [0, 0.05) is 0 Å². The van der Waals surface area contributed by atoms with Crippen molar-refractivity contribution in [2.45, 2.75) is 52.4 Å². The summed E-state index contributed by atoms with van der Waals surface area (Å²) in [5, 5.41) is 2.63. The van der Waals surface area contributed by atoms with Crippen LogP contribution in [-0.4, -0.2) is 0 Å². The highest BCUT2D eigenvalue weighted by molar-refractivity contribution is 5.85. The molecule has 0 saturated carbocycles. The van der Waals surface area contributed by atoms with Gasteiger partial charge in [-0.05, 0) is 85.4 Å². The molecule has 4 aromatic rings. The Labute approximate surface area is 204 Å². The minimum atomic E-state index is 0.159. The summed E-state index contributed by atoms with van der Waals surface area (Å²) >= 11 is 0. The van der Waals surface area contributed by atoms with Crippen molar-refractivity contribution in [2.75, 3.05) is 0 Å². The first kappa shape index (κ1) is 22.4.